The molecule has 1 saturated heterocycles. The third-order valence-electron chi connectivity index (χ3n) is 4.45. The highest BCUT2D eigenvalue weighted by Gasteiger charge is 2.22. The molecule has 1 aliphatic heterocycles. The maximum atomic E-state index is 13.3. The second kappa shape index (κ2) is 7.28. The zero-order valence-corrected chi connectivity index (χ0v) is 14.8. The molecule has 2 N–H and O–H groups in total. The number of nitrogens with one attached hydrogen (secondary N) is 1. The number of β-amino-alcohol motifs (C(OH)–C–C–N with tert-alkyl or cyclic N) is 1. The van der Waals surface area contributed by atoms with Crippen LogP contribution in [0.2, 0.25) is 0 Å². The number of hydrogen-bond donors (Lipinski definition) is 2. The molecule has 2 aromatic carbocycles. The van der Waals surface area contributed by atoms with Gasteiger partial charge >= 0.3 is 0 Å². The molecule has 0 bridgehead atoms. The molecule has 3 aromatic rings. The van der Waals surface area contributed by atoms with Crippen LogP contribution >= 0.6 is 0 Å². The largest absolute Gasteiger partial charge is 0.389 e. The summed E-state index contributed by atoms with van der Waals surface area (Å²) < 4.78 is 33.1. The van der Waals surface area contributed by atoms with Crippen LogP contribution in [-0.2, 0) is 15.7 Å². The number of rotatable bonds is 3. The first-order valence-corrected chi connectivity index (χ1v) is 9.52. The van der Waals surface area contributed by atoms with E-state index in [2.05, 4.69) is 4.98 Å². The Morgan fingerprint density at radius 1 is 1.23 bits per heavy atom. The lowest BCUT2D eigenvalue weighted by atomic mass is 10.1. The first-order chi connectivity index (χ1) is 12.6. The predicted molar refractivity (Wildman–Crippen MR) is 98.5 cm³/mol. The molecule has 0 saturated carbocycles. The molecular weight excluding hydrogens is 355 g/mol. The number of aliphatic hydroxyl groups is 1. The number of benzene rings is 2. The average Bonchev–Trinajstić information content (AvgIpc) is 2.94. The molecule has 1 aromatic heterocycles. The average molecular weight is 374 g/mol. The minimum Gasteiger partial charge on any atom is -0.389 e. The lowest BCUT2D eigenvalue weighted by Gasteiger charge is -2.19. The van der Waals surface area contributed by atoms with Crippen molar-refractivity contribution in [1.82, 2.24) is 9.29 Å². The van der Waals surface area contributed by atoms with E-state index in [9.17, 15) is 13.7 Å². The number of H-pyrrole nitrogens is 1. The van der Waals surface area contributed by atoms with Crippen molar-refractivity contribution in [3.63, 3.8) is 0 Å². The minimum atomic E-state index is -1.35. The van der Waals surface area contributed by atoms with Crippen molar-refractivity contribution < 1.29 is 18.4 Å². The summed E-state index contributed by atoms with van der Waals surface area (Å²) in [5, 5.41) is 10.8. The quantitative estimate of drug-likeness (QED) is 0.741. The minimum absolute atomic E-state index is 0.272. The maximum Gasteiger partial charge on any atom is 0.127 e. The van der Waals surface area contributed by atoms with Gasteiger partial charge in [-0.2, -0.15) is 0 Å². The van der Waals surface area contributed by atoms with Crippen molar-refractivity contribution in [3.05, 3.63) is 54.5 Å². The van der Waals surface area contributed by atoms with E-state index in [1.165, 1.54) is 12.1 Å². The molecule has 2 heterocycles. The fourth-order valence-electron chi connectivity index (χ4n) is 3.15. The van der Waals surface area contributed by atoms with E-state index in [0.29, 0.717) is 24.6 Å². The topological polar surface area (TPSA) is 65.6 Å². The van der Waals surface area contributed by atoms with Gasteiger partial charge in [0.25, 0.3) is 0 Å². The zero-order valence-electron chi connectivity index (χ0n) is 14.0. The van der Waals surface area contributed by atoms with E-state index in [-0.39, 0.29) is 12.4 Å². The van der Waals surface area contributed by atoms with Gasteiger partial charge in [-0.15, -0.1) is 0 Å². The van der Waals surface area contributed by atoms with Crippen LogP contribution in [0.3, 0.4) is 0 Å². The van der Waals surface area contributed by atoms with E-state index in [4.69, 9.17) is 4.74 Å². The molecule has 4 rings (SSSR count). The van der Waals surface area contributed by atoms with Crippen molar-refractivity contribution in [2.24, 2.45) is 0 Å². The van der Waals surface area contributed by atoms with Crippen molar-refractivity contribution in [2.75, 3.05) is 26.3 Å². The molecular formula is C19H19FN2O3S. The number of aromatic amines is 1. The van der Waals surface area contributed by atoms with Gasteiger partial charge in [0.2, 0.25) is 0 Å². The molecule has 136 valence electrons. The van der Waals surface area contributed by atoms with E-state index >= 15 is 0 Å². The number of ether oxygens (including phenoxy) is 1. The normalized spacial score (nSPS) is 20.2. The highest BCUT2D eigenvalue weighted by molar-refractivity contribution is 7.82. The van der Waals surface area contributed by atoms with Gasteiger partial charge in [-0.1, -0.05) is 12.1 Å². The van der Waals surface area contributed by atoms with Crippen LogP contribution in [0.1, 0.15) is 0 Å². The Balaban J connectivity index is 1.59. The molecule has 0 spiro atoms. The number of aliphatic hydroxyl groups excluding tert-OH is 1. The Hall–Kier alpha value is -2.06. The first-order valence-electron chi connectivity index (χ1n) is 8.41. The number of hydrogen-bond acceptors (Lipinski definition) is 3. The van der Waals surface area contributed by atoms with Gasteiger partial charge in [0, 0.05) is 35.8 Å². The summed E-state index contributed by atoms with van der Waals surface area (Å²) in [4.78, 5) is 3.75. The monoisotopic (exact) mass is 374 g/mol. The summed E-state index contributed by atoms with van der Waals surface area (Å²) in [5.41, 5.74) is 2.67. The van der Waals surface area contributed by atoms with Crippen LogP contribution in [-0.4, -0.2) is 51.0 Å². The fourth-order valence-corrected chi connectivity index (χ4v) is 4.37. The summed E-state index contributed by atoms with van der Waals surface area (Å²) in [6, 6.07) is 12.1. The third kappa shape index (κ3) is 3.43. The fraction of sp³-hybridized carbons (Fsp3) is 0.263. The number of nitrogens with zero attached hydrogens (tertiary/aromatic N) is 1. The molecule has 1 aliphatic rings. The van der Waals surface area contributed by atoms with Crippen molar-refractivity contribution in [2.45, 2.75) is 11.0 Å². The molecule has 1 fully saturated rings. The van der Waals surface area contributed by atoms with Crippen LogP contribution < -0.4 is 0 Å². The van der Waals surface area contributed by atoms with Gasteiger partial charge in [0.05, 0.1) is 24.2 Å². The zero-order chi connectivity index (χ0) is 18.1. The third-order valence-corrected chi connectivity index (χ3v) is 5.93. The standard InChI is InChI=1S/C19H19FN2O3S/c20-14-3-6-17-18(10-21-19(17)9-14)13-1-4-16(5-2-13)26(24)22-7-8-25-12-15(23)11-22/h1-6,9-10,15,21,23H,7-8,11-12H2. The molecule has 0 amide bonds. The summed E-state index contributed by atoms with van der Waals surface area (Å²) in [5.74, 6) is -0.278. The maximum absolute atomic E-state index is 13.3. The highest BCUT2D eigenvalue weighted by Crippen LogP contribution is 2.29. The summed E-state index contributed by atoms with van der Waals surface area (Å²) in [6.07, 6.45) is 1.21. The molecule has 2 atom stereocenters. The Kier molecular flexibility index (Phi) is 4.86. The number of fused-ring (bicyclic) bond motifs is 1. The summed E-state index contributed by atoms with van der Waals surface area (Å²) >= 11 is 0. The van der Waals surface area contributed by atoms with Crippen LogP contribution in [0.15, 0.2) is 53.6 Å². The van der Waals surface area contributed by atoms with E-state index in [1.54, 1.807) is 10.4 Å². The first kappa shape index (κ1) is 17.4. The van der Waals surface area contributed by atoms with Crippen LogP contribution in [0.25, 0.3) is 22.0 Å². The van der Waals surface area contributed by atoms with Crippen molar-refractivity contribution in [1.29, 1.82) is 0 Å². The van der Waals surface area contributed by atoms with Gasteiger partial charge in [-0.25, -0.2) is 12.9 Å². The molecule has 5 nitrogen and oxygen atoms in total. The number of aromatic nitrogens is 1. The van der Waals surface area contributed by atoms with Crippen molar-refractivity contribution in [3.8, 4) is 11.1 Å². The van der Waals surface area contributed by atoms with Gasteiger partial charge in [-0.05, 0) is 35.9 Å². The smallest absolute Gasteiger partial charge is 0.127 e. The molecule has 0 radical (unpaired) electrons. The van der Waals surface area contributed by atoms with E-state index in [1.807, 2.05) is 30.5 Å². The van der Waals surface area contributed by atoms with Crippen molar-refractivity contribution >= 4 is 21.9 Å². The Morgan fingerprint density at radius 3 is 2.85 bits per heavy atom. The van der Waals surface area contributed by atoms with Gasteiger partial charge < -0.3 is 14.8 Å². The van der Waals surface area contributed by atoms with E-state index < -0.39 is 17.1 Å². The van der Waals surface area contributed by atoms with Crippen LogP contribution in [0.4, 0.5) is 4.39 Å². The second-order valence-electron chi connectivity index (χ2n) is 6.28. The Labute approximate surface area is 153 Å². The Bertz CT molecular complexity index is 942. The molecule has 2 unspecified atom stereocenters. The van der Waals surface area contributed by atoms with Gasteiger partial charge in [0.15, 0.2) is 0 Å². The molecule has 0 aliphatic carbocycles. The summed E-state index contributed by atoms with van der Waals surface area (Å²) in [7, 11) is -1.35. The SMILES string of the molecule is O=S(c1ccc(-c2c[nH]c3cc(F)ccc23)cc1)N1CCOCC(O)C1. The second-order valence-corrected chi connectivity index (χ2v) is 7.77. The highest BCUT2D eigenvalue weighted by atomic mass is 32.2. The number of halogens is 1. The van der Waals surface area contributed by atoms with Gasteiger partial charge in [0.1, 0.15) is 16.8 Å². The summed E-state index contributed by atoms with van der Waals surface area (Å²) in [6.45, 7) is 1.56. The molecule has 7 heteroatoms. The predicted octanol–water partition coefficient (Wildman–Crippen LogP) is 2.69. The van der Waals surface area contributed by atoms with Crippen LogP contribution in [0.5, 0.6) is 0 Å². The molecule has 26 heavy (non-hydrogen) atoms. The van der Waals surface area contributed by atoms with Gasteiger partial charge in [-0.3, -0.25) is 0 Å². The lowest BCUT2D eigenvalue weighted by Crippen LogP contribution is -2.34. The van der Waals surface area contributed by atoms with E-state index in [0.717, 1.165) is 22.0 Å². The lowest BCUT2D eigenvalue weighted by molar-refractivity contribution is 0.0583. The van der Waals surface area contributed by atoms with Crippen LogP contribution in [0, 0.1) is 5.82 Å². The Morgan fingerprint density at radius 2 is 2.04 bits per heavy atom.